The summed E-state index contributed by atoms with van der Waals surface area (Å²) >= 11 is 0. The molecule has 3 saturated carbocycles. The maximum Gasteiger partial charge on any atom is -0.00772 e. The molecule has 3 fully saturated rings. The zero-order valence-corrected chi connectivity index (χ0v) is 16.7. The van der Waals surface area contributed by atoms with Crippen LogP contribution in [0, 0.1) is 40.9 Å². The van der Waals surface area contributed by atoms with E-state index in [4.69, 9.17) is 5.73 Å². The summed E-state index contributed by atoms with van der Waals surface area (Å²) in [5.41, 5.74) is 6.47. The monoisotopic (exact) mass is 333 g/mol. The highest BCUT2D eigenvalue weighted by Gasteiger charge is 2.54. The van der Waals surface area contributed by atoms with Gasteiger partial charge in [0.2, 0.25) is 0 Å². The summed E-state index contributed by atoms with van der Waals surface area (Å²) in [4.78, 5) is 0. The van der Waals surface area contributed by atoms with E-state index in [9.17, 15) is 0 Å². The summed E-state index contributed by atoms with van der Waals surface area (Å²) in [7, 11) is 0. The Labute approximate surface area is 151 Å². The van der Waals surface area contributed by atoms with Crippen molar-refractivity contribution in [3.05, 3.63) is 0 Å². The molecule has 7 unspecified atom stereocenters. The molecule has 140 valence electrons. The van der Waals surface area contributed by atoms with Gasteiger partial charge >= 0.3 is 0 Å². The first-order valence-corrected chi connectivity index (χ1v) is 11.3. The van der Waals surface area contributed by atoms with Gasteiger partial charge in [0.15, 0.2) is 0 Å². The third-order valence-electron chi connectivity index (χ3n) is 8.79. The largest absolute Gasteiger partial charge is 0.330 e. The van der Waals surface area contributed by atoms with Gasteiger partial charge in [0.1, 0.15) is 0 Å². The SMILES string of the molecule is CC1CCCCCCC(C)C2C1CCC1(C)C(CCCN)CCC21. The molecule has 7 atom stereocenters. The van der Waals surface area contributed by atoms with E-state index in [1.54, 1.807) is 0 Å². The maximum atomic E-state index is 5.83. The van der Waals surface area contributed by atoms with E-state index in [1.165, 1.54) is 77.0 Å². The lowest BCUT2D eigenvalue weighted by Gasteiger charge is -2.53. The van der Waals surface area contributed by atoms with E-state index in [0.717, 1.165) is 42.1 Å². The van der Waals surface area contributed by atoms with E-state index in [-0.39, 0.29) is 0 Å². The summed E-state index contributed by atoms with van der Waals surface area (Å²) in [5.74, 6) is 5.92. The Hall–Kier alpha value is -0.0400. The second kappa shape index (κ2) is 8.11. The second-order valence-corrected chi connectivity index (χ2v) is 10.0. The van der Waals surface area contributed by atoms with Crippen molar-refractivity contribution in [1.82, 2.24) is 0 Å². The van der Waals surface area contributed by atoms with Crippen LogP contribution in [0.15, 0.2) is 0 Å². The average molecular weight is 334 g/mol. The van der Waals surface area contributed by atoms with Crippen LogP contribution >= 0.6 is 0 Å². The molecule has 0 spiro atoms. The quantitative estimate of drug-likeness (QED) is 0.634. The first-order chi connectivity index (χ1) is 11.6. The highest BCUT2D eigenvalue weighted by atomic mass is 14.6. The number of rotatable bonds is 3. The first-order valence-electron chi connectivity index (χ1n) is 11.3. The molecular weight excluding hydrogens is 290 g/mol. The molecule has 0 radical (unpaired) electrons. The molecule has 0 aliphatic heterocycles. The van der Waals surface area contributed by atoms with Gasteiger partial charge in [0.25, 0.3) is 0 Å². The zero-order valence-electron chi connectivity index (χ0n) is 16.7. The van der Waals surface area contributed by atoms with Crippen molar-refractivity contribution in [2.24, 2.45) is 46.7 Å². The molecule has 3 aliphatic carbocycles. The lowest BCUT2D eigenvalue weighted by Crippen LogP contribution is -2.45. The topological polar surface area (TPSA) is 26.0 Å². The predicted molar refractivity (Wildman–Crippen MR) is 105 cm³/mol. The van der Waals surface area contributed by atoms with Gasteiger partial charge in [-0.1, -0.05) is 59.3 Å². The van der Waals surface area contributed by atoms with Crippen LogP contribution in [0.25, 0.3) is 0 Å². The minimum Gasteiger partial charge on any atom is -0.330 e. The van der Waals surface area contributed by atoms with Gasteiger partial charge in [-0.2, -0.15) is 0 Å². The third kappa shape index (κ3) is 3.57. The Morgan fingerprint density at radius 2 is 1.58 bits per heavy atom. The van der Waals surface area contributed by atoms with Crippen molar-refractivity contribution in [1.29, 1.82) is 0 Å². The lowest BCUT2D eigenvalue weighted by molar-refractivity contribution is -0.0382. The van der Waals surface area contributed by atoms with E-state index in [2.05, 4.69) is 20.8 Å². The Kier molecular flexibility index (Phi) is 6.33. The van der Waals surface area contributed by atoms with Crippen LogP contribution < -0.4 is 5.73 Å². The fourth-order valence-electron chi connectivity index (χ4n) is 7.35. The number of fused-ring (bicyclic) bond motifs is 3. The standard InChI is InChI=1S/C23H43N/c1-17-9-6-4-5-7-10-18(2)22-20(17)14-15-23(3)19(11-8-16-24)12-13-21(22)23/h17-22H,4-16,24H2,1-3H3. The van der Waals surface area contributed by atoms with Crippen molar-refractivity contribution < 1.29 is 0 Å². The molecule has 24 heavy (non-hydrogen) atoms. The number of nitrogens with two attached hydrogens (primary N) is 1. The highest BCUT2D eigenvalue weighted by molar-refractivity contribution is 5.04. The maximum absolute atomic E-state index is 5.83. The van der Waals surface area contributed by atoms with Crippen molar-refractivity contribution in [3.63, 3.8) is 0 Å². The summed E-state index contributed by atoms with van der Waals surface area (Å²) in [6.07, 6.45) is 17.6. The predicted octanol–water partition coefficient (Wildman–Crippen LogP) is 6.41. The van der Waals surface area contributed by atoms with Gasteiger partial charge in [0, 0.05) is 0 Å². The minimum absolute atomic E-state index is 0.633. The lowest BCUT2D eigenvalue weighted by atomic mass is 9.52. The molecule has 0 aromatic rings. The van der Waals surface area contributed by atoms with Crippen LogP contribution in [0.3, 0.4) is 0 Å². The Morgan fingerprint density at radius 3 is 2.29 bits per heavy atom. The molecule has 0 amide bonds. The van der Waals surface area contributed by atoms with Gasteiger partial charge in [-0.15, -0.1) is 0 Å². The third-order valence-corrected chi connectivity index (χ3v) is 8.79. The van der Waals surface area contributed by atoms with Gasteiger partial charge in [-0.3, -0.25) is 0 Å². The Balaban J connectivity index is 1.80. The summed E-state index contributed by atoms with van der Waals surface area (Å²) in [6.45, 7) is 8.77. The molecule has 1 nitrogen and oxygen atoms in total. The zero-order chi connectivity index (χ0) is 17.2. The molecule has 3 aliphatic rings. The van der Waals surface area contributed by atoms with E-state index >= 15 is 0 Å². The van der Waals surface area contributed by atoms with Gasteiger partial charge in [0.05, 0.1) is 0 Å². The summed E-state index contributed by atoms with van der Waals surface area (Å²) in [5, 5.41) is 0. The van der Waals surface area contributed by atoms with Gasteiger partial charge < -0.3 is 5.73 Å². The smallest absolute Gasteiger partial charge is 0.00772 e. The Bertz CT molecular complexity index is 391. The molecule has 1 heteroatoms. The molecule has 0 saturated heterocycles. The van der Waals surface area contributed by atoms with Crippen molar-refractivity contribution >= 4 is 0 Å². The van der Waals surface area contributed by atoms with Crippen LogP contribution in [0.1, 0.15) is 97.8 Å². The molecule has 2 N–H and O–H groups in total. The number of hydrogen-bond donors (Lipinski definition) is 1. The van der Waals surface area contributed by atoms with E-state index in [1.807, 2.05) is 0 Å². The molecule has 0 bridgehead atoms. The molecular formula is C23H43N. The first kappa shape index (κ1) is 18.7. The fourth-order valence-corrected chi connectivity index (χ4v) is 7.35. The molecule has 3 rings (SSSR count). The van der Waals surface area contributed by atoms with Crippen LogP contribution in [-0.4, -0.2) is 6.54 Å². The number of hydrogen-bond acceptors (Lipinski definition) is 1. The van der Waals surface area contributed by atoms with Gasteiger partial charge in [-0.05, 0) is 86.0 Å². The van der Waals surface area contributed by atoms with E-state index in [0.29, 0.717) is 5.41 Å². The molecule has 0 heterocycles. The Morgan fingerprint density at radius 1 is 0.875 bits per heavy atom. The molecule has 0 aromatic carbocycles. The average Bonchev–Trinajstić information content (AvgIpc) is 2.90. The highest BCUT2D eigenvalue weighted by Crippen LogP contribution is 2.63. The van der Waals surface area contributed by atoms with Crippen LogP contribution in [0.2, 0.25) is 0 Å². The van der Waals surface area contributed by atoms with Crippen LogP contribution in [0.5, 0.6) is 0 Å². The minimum atomic E-state index is 0.633. The van der Waals surface area contributed by atoms with E-state index < -0.39 is 0 Å². The molecule has 0 aromatic heterocycles. The normalized spacial score (nSPS) is 47.0. The summed E-state index contributed by atoms with van der Waals surface area (Å²) < 4.78 is 0. The fraction of sp³-hybridized carbons (Fsp3) is 1.00. The van der Waals surface area contributed by atoms with Crippen LogP contribution in [0.4, 0.5) is 0 Å². The van der Waals surface area contributed by atoms with Gasteiger partial charge in [-0.25, -0.2) is 0 Å². The summed E-state index contributed by atoms with van der Waals surface area (Å²) in [6, 6.07) is 0. The van der Waals surface area contributed by atoms with Crippen LogP contribution in [-0.2, 0) is 0 Å². The van der Waals surface area contributed by atoms with Crippen molar-refractivity contribution in [2.75, 3.05) is 6.54 Å². The van der Waals surface area contributed by atoms with Crippen molar-refractivity contribution in [2.45, 2.75) is 97.8 Å². The van der Waals surface area contributed by atoms with Crippen molar-refractivity contribution in [3.8, 4) is 0 Å². The second-order valence-electron chi connectivity index (χ2n) is 10.0.